The van der Waals surface area contributed by atoms with Gasteiger partial charge < -0.3 is 5.32 Å². The molecule has 1 N–H and O–H groups in total. The van der Waals surface area contributed by atoms with E-state index in [-0.39, 0.29) is 10.6 Å². The zero-order valence-electron chi connectivity index (χ0n) is 19.3. The van der Waals surface area contributed by atoms with Gasteiger partial charge >= 0.3 is 0 Å². The molecule has 4 saturated carbocycles. The Bertz CT molecular complexity index is 1180. The van der Waals surface area contributed by atoms with Crippen LogP contribution in [0.3, 0.4) is 0 Å². The Kier molecular flexibility index (Phi) is 5.22. The van der Waals surface area contributed by atoms with Gasteiger partial charge in [-0.2, -0.15) is 4.31 Å². The van der Waals surface area contributed by atoms with Gasteiger partial charge in [-0.1, -0.05) is 12.1 Å². The van der Waals surface area contributed by atoms with E-state index >= 15 is 0 Å². The van der Waals surface area contributed by atoms with Crippen LogP contribution in [0.4, 0.5) is 17.1 Å². The second kappa shape index (κ2) is 8.05. The van der Waals surface area contributed by atoms with Gasteiger partial charge in [0, 0.05) is 24.8 Å². The Morgan fingerprint density at radius 3 is 2.06 bits per heavy atom. The highest BCUT2D eigenvalue weighted by Crippen LogP contribution is 2.60. The number of hydrogen-bond acceptors (Lipinski definition) is 5. The summed E-state index contributed by atoms with van der Waals surface area (Å²) in [6.07, 6.45) is 9.75. The third kappa shape index (κ3) is 3.71. The van der Waals surface area contributed by atoms with Gasteiger partial charge in [0.2, 0.25) is 10.0 Å². The number of nitrogens with zero attached hydrogens (tertiary/aromatic N) is 2. The molecule has 180 valence electrons. The summed E-state index contributed by atoms with van der Waals surface area (Å²) in [6, 6.07) is 12.5. The highest BCUT2D eigenvalue weighted by Gasteiger charge is 2.51. The number of nitro benzene ring substituents is 1. The van der Waals surface area contributed by atoms with Crippen LogP contribution in [0.1, 0.15) is 56.9 Å². The van der Waals surface area contributed by atoms with E-state index < -0.39 is 14.9 Å². The van der Waals surface area contributed by atoms with Crippen molar-refractivity contribution in [3.8, 4) is 0 Å². The van der Waals surface area contributed by atoms with Crippen molar-refractivity contribution in [2.75, 3.05) is 18.4 Å². The first kappa shape index (κ1) is 22.0. The van der Waals surface area contributed by atoms with Crippen LogP contribution in [0, 0.1) is 27.9 Å². The number of nitro groups is 1. The van der Waals surface area contributed by atoms with Crippen molar-refractivity contribution in [1.29, 1.82) is 0 Å². The van der Waals surface area contributed by atoms with E-state index in [0.29, 0.717) is 24.2 Å². The maximum Gasteiger partial charge on any atom is 0.294 e. The van der Waals surface area contributed by atoms with Crippen LogP contribution in [0.5, 0.6) is 0 Å². The van der Waals surface area contributed by atoms with Crippen molar-refractivity contribution in [1.82, 2.24) is 4.31 Å². The van der Waals surface area contributed by atoms with Crippen molar-refractivity contribution >= 4 is 27.1 Å². The third-order valence-corrected chi connectivity index (χ3v) is 10.6. The van der Waals surface area contributed by atoms with E-state index in [1.54, 1.807) is 0 Å². The fraction of sp³-hybridized carbons (Fsp3) is 0.538. The van der Waals surface area contributed by atoms with Crippen LogP contribution in [0.15, 0.2) is 47.4 Å². The molecule has 0 atom stereocenters. The summed E-state index contributed by atoms with van der Waals surface area (Å²) in [7, 11) is -3.71. The molecule has 0 amide bonds. The lowest BCUT2D eigenvalue weighted by atomic mass is 9.48. The minimum absolute atomic E-state index is 0.0242. The van der Waals surface area contributed by atoms with Gasteiger partial charge in [0.05, 0.1) is 9.82 Å². The highest BCUT2D eigenvalue weighted by atomic mass is 32.2. The van der Waals surface area contributed by atoms with Gasteiger partial charge in [-0.3, -0.25) is 10.1 Å². The van der Waals surface area contributed by atoms with E-state index in [1.807, 2.05) is 12.1 Å². The van der Waals surface area contributed by atoms with Crippen LogP contribution in [-0.2, 0) is 15.4 Å². The number of benzene rings is 2. The number of anilines is 2. The quantitative estimate of drug-likeness (QED) is 0.429. The molecule has 1 saturated heterocycles. The number of rotatable bonds is 6. The normalized spacial score (nSPS) is 30.5. The average Bonchev–Trinajstić information content (AvgIpc) is 3.35. The van der Waals surface area contributed by atoms with Crippen LogP contribution >= 0.6 is 0 Å². The Balaban J connectivity index is 1.24. The zero-order valence-corrected chi connectivity index (χ0v) is 20.1. The molecule has 0 spiro atoms. The molecule has 5 fully saturated rings. The molecule has 8 heteroatoms. The maximum atomic E-state index is 12.9. The molecule has 0 radical (unpaired) electrons. The molecular weight excluding hydrogens is 450 g/mol. The van der Waals surface area contributed by atoms with Gasteiger partial charge in [-0.25, -0.2) is 8.42 Å². The van der Waals surface area contributed by atoms with Gasteiger partial charge in [-0.15, -0.1) is 0 Å². The molecule has 1 heterocycles. The van der Waals surface area contributed by atoms with Gasteiger partial charge in [-0.05, 0) is 104 Å². The summed E-state index contributed by atoms with van der Waals surface area (Å²) < 4.78 is 27.1. The Hall–Kier alpha value is -2.45. The number of nitrogens with one attached hydrogen (secondary N) is 1. The standard InChI is InChI=1S/C26H31N3O4S/c30-29(31)25-14-23(34(32,33)28-9-1-2-10-28)7-8-24(25)27-22-5-3-21(4-6-22)26-15-18-11-19(16-26)13-20(12-18)17-26/h3-8,14,18-20,27H,1-2,9-13,15-17H2. The lowest BCUT2D eigenvalue weighted by molar-refractivity contribution is -0.384. The predicted molar refractivity (Wildman–Crippen MR) is 131 cm³/mol. The Morgan fingerprint density at radius 2 is 1.50 bits per heavy atom. The Labute approximate surface area is 200 Å². The molecule has 4 aliphatic carbocycles. The van der Waals surface area contributed by atoms with Crippen LogP contribution in [0.25, 0.3) is 0 Å². The summed E-state index contributed by atoms with van der Waals surface area (Å²) >= 11 is 0. The highest BCUT2D eigenvalue weighted by molar-refractivity contribution is 7.89. The van der Waals surface area contributed by atoms with Crippen LogP contribution < -0.4 is 5.32 Å². The SMILES string of the molecule is O=[N+]([O-])c1cc(S(=O)(=O)N2CCCC2)ccc1Nc1ccc(C23CC4CC(CC(C4)C2)C3)cc1. The summed E-state index contributed by atoms with van der Waals surface area (Å²) in [5.74, 6) is 2.63. The molecule has 2 aromatic rings. The molecule has 7 nitrogen and oxygen atoms in total. The van der Waals surface area contributed by atoms with E-state index in [2.05, 4.69) is 17.4 Å². The van der Waals surface area contributed by atoms with Gasteiger partial charge in [0.1, 0.15) is 5.69 Å². The minimum Gasteiger partial charge on any atom is -0.350 e. The second-order valence-electron chi connectivity index (χ2n) is 10.9. The lowest BCUT2D eigenvalue weighted by Gasteiger charge is -2.57. The summed E-state index contributed by atoms with van der Waals surface area (Å²) in [5.41, 5.74) is 2.55. The number of hydrogen-bond donors (Lipinski definition) is 1. The summed E-state index contributed by atoms with van der Waals surface area (Å²) in [4.78, 5) is 11.2. The van der Waals surface area contributed by atoms with E-state index in [0.717, 1.165) is 36.3 Å². The molecule has 2 aromatic carbocycles. The predicted octanol–water partition coefficient (Wildman–Crippen LogP) is 5.59. The molecule has 1 aliphatic heterocycles. The minimum atomic E-state index is -3.71. The van der Waals surface area contributed by atoms with E-state index in [1.165, 1.54) is 66.6 Å². The maximum absolute atomic E-state index is 12.9. The van der Waals surface area contributed by atoms with Crippen molar-refractivity contribution in [3.05, 3.63) is 58.1 Å². The number of sulfonamides is 1. The first-order valence-corrected chi connectivity index (χ1v) is 13.9. The van der Waals surface area contributed by atoms with Crippen LogP contribution in [-0.4, -0.2) is 30.7 Å². The second-order valence-corrected chi connectivity index (χ2v) is 12.9. The zero-order chi connectivity index (χ0) is 23.5. The summed E-state index contributed by atoms with van der Waals surface area (Å²) in [6.45, 7) is 0.929. The molecule has 34 heavy (non-hydrogen) atoms. The molecule has 7 rings (SSSR count). The molecule has 0 unspecified atom stereocenters. The largest absolute Gasteiger partial charge is 0.350 e. The smallest absolute Gasteiger partial charge is 0.294 e. The molecule has 4 bridgehead atoms. The molecular formula is C26H31N3O4S. The summed E-state index contributed by atoms with van der Waals surface area (Å²) in [5, 5.41) is 14.9. The van der Waals surface area contributed by atoms with Gasteiger partial charge in [0.25, 0.3) is 5.69 Å². The van der Waals surface area contributed by atoms with Crippen molar-refractivity contribution < 1.29 is 13.3 Å². The van der Waals surface area contributed by atoms with Crippen molar-refractivity contribution in [3.63, 3.8) is 0 Å². The van der Waals surface area contributed by atoms with Crippen molar-refractivity contribution in [2.24, 2.45) is 17.8 Å². The molecule has 0 aromatic heterocycles. The van der Waals surface area contributed by atoms with Crippen molar-refractivity contribution in [2.45, 2.75) is 61.7 Å². The lowest BCUT2D eigenvalue weighted by Crippen LogP contribution is -2.48. The fourth-order valence-electron chi connectivity index (χ4n) is 7.53. The Morgan fingerprint density at radius 1 is 0.912 bits per heavy atom. The first-order valence-electron chi connectivity index (χ1n) is 12.5. The van der Waals surface area contributed by atoms with E-state index in [4.69, 9.17) is 0 Å². The topological polar surface area (TPSA) is 92.5 Å². The average molecular weight is 482 g/mol. The molecule has 5 aliphatic rings. The fourth-order valence-corrected chi connectivity index (χ4v) is 9.07. The van der Waals surface area contributed by atoms with Gasteiger partial charge in [0.15, 0.2) is 0 Å². The van der Waals surface area contributed by atoms with E-state index in [9.17, 15) is 18.5 Å². The first-order chi connectivity index (χ1) is 16.3. The third-order valence-electron chi connectivity index (χ3n) is 8.68. The van der Waals surface area contributed by atoms with Crippen LogP contribution in [0.2, 0.25) is 0 Å². The monoisotopic (exact) mass is 481 g/mol.